The smallest absolute Gasteiger partial charge is 0.312 e. The van der Waals surface area contributed by atoms with E-state index in [2.05, 4.69) is 15.7 Å². The molecule has 136 valence electrons. The molecule has 1 unspecified atom stereocenters. The molecule has 0 radical (unpaired) electrons. The first kappa shape index (κ1) is 16.4. The molecule has 0 aliphatic carbocycles. The molecule has 1 aromatic heterocycles. The predicted octanol–water partition coefficient (Wildman–Crippen LogP) is 0.490. The van der Waals surface area contributed by atoms with E-state index in [0.29, 0.717) is 6.42 Å². The lowest BCUT2D eigenvalue weighted by Gasteiger charge is -2.29. The summed E-state index contributed by atoms with van der Waals surface area (Å²) in [5.41, 5.74) is -0.0272. The Labute approximate surface area is 143 Å². The number of rotatable bonds is 3. The Kier molecular flexibility index (Phi) is 3.78. The topological polar surface area (TPSA) is 85.2 Å². The number of cyclic esters (lactones) is 1. The number of esters is 1. The monoisotopic (exact) mass is 354 g/mol. The van der Waals surface area contributed by atoms with Crippen molar-refractivity contribution in [3.05, 3.63) is 17.5 Å². The summed E-state index contributed by atoms with van der Waals surface area (Å²) in [6.45, 7) is 1.25. The summed E-state index contributed by atoms with van der Waals surface area (Å²) >= 11 is 0. The number of piperidine rings is 1. The minimum atomic E-state index is -2.86. The van der Waals surface area contributed by atoms with Crippen molar-refractivity contribution >= 4 is 11.9 Å². The molecule has 0 aromatic carbocycles. The van der Waals surface area contributed by atoms with Gasteiger partial charge in [-0.2, -0.15) is 5.10 Å². The number of hydrogen-bond donors (Lipinski definition) is 2. The Balaban J connectivity index is 1.37. The van der Waals surface area contributed by atoms with Crippen LogP contribution in [0.5, 0.6) is 0 Å². The van der Waals surface area contributed by atoms with Crippen LogP contribution in [0.4, 0.5) is 8.78 Å². The fraction of sp³-hybridized carbons (Fsp3) is 0.688. The zero-order valence-electron chi connectivity index (χ0n) is 13.7. The first-order chi connectivity index (χ1) is 11.9. The summed E-state index contributed by atoms with van der Waals surface area (Å²) in [4.78, 5) is 24.5. The number of nitrogens with zero attached hydrogens (tertiary/aromatic N) is 2. The Morgan fingerprint density at radius 2 is 2.20 bits per heavy atom. The van der Waals surface area contributed by atoms with Crippen LogP contribution in [-0.2, 0) is 22.5 Å². The van der Waals surface area contributed by atoms with Crippen molar-refractivity contribution < 1.29 is 23.1 Å². The molecule has 1 spiro atoms. The number of ether oxygens (including phenoxy) is 1. The fourth-order valence-corrected chi connectivity index (χ4v) is 4.01. The number of fused-ring (bicyclic) bond motifs is 1. The molecule has 1 aromatic rings. The van der Waals surface area contributed by atoms with Gasteiger partial charge in [0.05, 0.1) is 35.8 Å². The summed E-state index contributed by atoms with van der Waals surface area (Å²) in [7, 11) is 0. The van der Waals surface area contributed by atoms with Gasteiger partial charge >= 0.3 is 5.97 Å². The molecule has 3 aliphatic rings. The zero-order chi connectivity index (χ0) is 17.7. The number of alkyl halides is 2. The largest absolute Gasteiger partial charge is 0.460 e. The van der Waals surface area contributed by atoms with Crippen LogP contribution in [0.1, 0.15) is 35.3 Å². The predicted molar refractivity (Wildman–Crippen MR) is 82.2 cm³/mol. The first-order valence-electron chi connectivity index (χ1n) is 8.51. The first-order valence-corrected chi connectivity index (χ1v) is 8.51. The normalized spacial score (nSPS) is 26.5. The van der Waals surface area contributed by atoms with Gasteiger partial charge in [-0.1, -0.05) is 0 Å². The third-order valence-electron chi connectivity index (χ3n) is 5.38. The minimum absolute atomic E-state index is 0.165. The highest BCUT2D eigenvalue weighted by Gasteiger charge is 2.49. The standard InChI is InChI=1S/C16H20F2N4O3/c17-16(18)6-12-11(8-21-22(12)9-16)13(23)20-7-10-5-15(14(24)25-10)1-3-19-4-2-15/h8,10,19H,1-7,9H2,(H,20,23). The Morgan fingerprint density at radius 1 is 1.44 bits per heavy atom. The van der Waals surface area contributed by atoms with Crippen molar-refractivity contribution in [2.24, 2.45) is 5.41 Å². The van der Waals surface area contributed by atoms with Gasteiger partial charge in [-0.3, -0.25) is 14.3 Å². The van der Waals surface area contributed by atoms with E-state index >= 15 is 0 Å². The van der Waals surface area contributed by atoms with Gasteiger partial charge in [-0.15, -0.1) is 0 Å². The average Bonchev–Trinajstić information content (AvgIpc) is 3.17. The average molecular weight is 354 g/mol. The molecule has 4 heterocycles. The summed E-state index contributed by atoms with van der Waals surface area (Å²) in [6, 6.07) is 0. The quantitative estimate of drug-likeness (QED) is 0.772. The fourth-order valence-electron chi connectivity index (χ4n) is 4.01. The Hall–Kier alpha value is -2.03. The van der Waals surface area contributed by atoms with Gasteiger partial charge in [0.15, 0.2) is 0 Å². The maximum Gasteiger partial charge on any atom is 0.312 e. The van der Waals surface area contributed by atoms with Crippen molar-refractivity contribution in [2.45, 2.75) is 44.3 Å². The van der Waals surface area contributed by atoms with Gasteiger partial charge in [0.1, 0.15) is 12.6 Å². The van der Waals surface area contributed by atoms with Gasteiger partial charge in [0.2, 0.25) is 0 Å². The second kappa shape index (κ2) is 5.76. The third-order valence-corrected chi connectivity index (χ3v) is 5.38. The number of hydrogen-bond acceptors (Lipinski definition) is 5. The van der Waals surface area contributed by atoms with Crippen LogP contribution in [0.15, 0.2) is 6.20 Å². The third kappa shape index (κ3) is 2.90. The van der Waals surface area contributed by atoms with Crippen LogP contribution < -0.4 is 10.6 Å². The number of carbonyl (C=O) groups excluding carboxylic acids is 2. The van der Waals surface area contributed by atoms with E-state index in [9.17, 15) is 18.4 Å². The van der Waals surface area contributed by atoms with E-state index in [1.165, 1.54) is 10.9 Å². The lowest BCUT2D eigenvalue weighted by Crippen LogP contribution is -2.39. The summed E-state index contributed by atoms with van der Waals surface area (Å²) in [6.07, 6.45) is 2.52. The lowest BCUT2D eigenvalue weighted by molar-refractivity contribution is -0.149. The van der Waals surface area contributed by atoms with E-state index in [1.54, 1.807) is 0 Å². The summed E-state index contributed by atoms with van der Waals surface area (Å²) in [5, 5.41) is 9.78. The molecule has 25 heavy (non-hydrogen) atoms. The maximum absolute atomic E-state index is 13.4. The van der Waals surface area contributed by atoms with E-state index in [-0.39, 0.29) is 29.9 Å². The van der Waals surface area contributed by atoms with Crippen molar-refractivity contribution in [1.82, 2.24) is 20.4 Å². The van der Waals surface area contributed by atoms with Crippen molar-refractivity contribution in [1.29, 1.82) is 0 Å². The Bertz CT molecular complexity index is 712. The molecule has 4 rings (SSSR count). The van der Waals surface area contributed by atoms with Gasteiger partial charge in [0.25, 0.3) is 11.8 Å². The molecule has 2 N–H and O–H groups in total. The summed E-state index contributed by atoms with van der Waals surface area (Å²) in [5.74, 6) is -3.51. The lowest BCUT2D eigenvalue weighted by atomic mass is 9.76. The van der Waals surface area contributed by atoms with Gasteiger partial charge in [-0.25, -0.2) is 8.78 Å². The SMILES string of the molecule is O=C(NCC1CC2(CCNCC2)C(=O)O1)c1cnn2c1CC(F)(F)C2. The Morgan fingerprint density at radius 3 is 2.96 bits per heavy atom. The molecule has 0 saturated carbocycles. The van der Waals surface area contributed by atoms with E-state index < -0.39 is 30.2 Å². The number of aromatic nitrogens is 2. The van der Waals surface area contributed by atoms with Crippen molar-refractivity contribution in [2.75, 3.05) is 19.6 Å². The molecular weight excluding hydrogens is 334 g/mol. The molecule has 0 bridgehead atoms. The van der Waals surface area contributed by atoms with Crippen molar-refractivity contribution in [3.63, 3.8) is 0 Å². The van der Waals surface area contributed by atoms with E-state index in [0.717, 1.165) is 25.9 Å². The number of carbonyl (C=O) groups is 2. The van der Waals surface area contributed by atoms with Crippen LogP contribution in [0, 0.1) is 5.41 Å². The number of nitrogens with one attached hydrogen (secondary N) is 2. The van der Waals surface area contributed by atoms with Crippen molar-refractivity contribution in [3.8, 4) is 0 Å². The van der Waals surface area contributed by atoms with Crippen LogP contribution in [0.25, 0.3) is 0 Å². The summed E-state index contributed by atoms with van der Waals surface area (Å²) < 4.78 is 33.5. The molecule has 7 nitrogen and oxygen atoms in total. The number of amides is 1. The van der Waals surface area contributed by atoms with Crippen LogP contribution >= 0.6 is 0 Å². The maximum atomic E-state index is 13.4. The highest BCUT2D eigenvalue weighted by molar-refractivity contribution is 5.95. The second-order valence-electron chi connectivity index (χ2n) is 7.17. The van der Waals surface area contributed by atoms with Gasteiger partial charge in [0, 0.05) is 6.42 Å². The zero-order valence-corrected chi connectivity index (χ0v) is 13.7. The number of halogens is 2. The van der Waals surface area contributed by atoms with E-state index in [4.69, 9.17) is 4.74 Å². The van der Waals surface area contributed by atoms with E-state index in [1.807, 2.05) is 0 Å². The molecule has 1 amide bonds. The van der Waals surface area contributed by atoms with Crippen LogP contribution in [0.3, 0.4) is 0 Å². The molecule has 2 saturated heterocycles. The molecule has 2 fully saturated rings. The molecule has 1 atom stereocenters. The highest BCUT2D eigenvalue weighted by atomic mass is 19.3. The molecule has 3 aliphatic heterocycles. The van der Waals surface area contributed by atoms with Gasteiger partial charge in [-0.05, 0) is 25.9 Å². The molecule has 9 heteroatoms. The second-order valence-corrected chi connectivity index (χ2v) is 7.17. The van der Waals surface area contributed by atoms with Gasteiger partial charge < -0.3 is 15.4 Å². The van der Waals surface area contributed by atoms with Crippen LogP contribution in [0.2, 0.25) is 0 Å². The molecular formula is C16H20F2N4O3. The minimum Gasteiger partial charge on any atom is -0.460 e. The highest BCUT2D eigenvalue weighted by Crippen LogP contribution is 2.41. The van der Waals surface area contributed by atoms with Crippen LogP contribution in [-0.4, -0.2) is 53.3 Å².